The van der Waals surface area contributed by atoms with Crippen molar-refractivity contribution < 1.29 is 27.5 Å². The van der Waals surface area contributed by atoms with Gasteiger partial charge in [0.1, 0.15) is 0 Å². The van der Waals surface area contributed by atoms with Crippen molar-refractivity contribution in [2.24, 2.45) is 0 Å². The topological polar surface area (TPSA) is 80.3 Å². The zero-order chi connectivity index (χ0) is 20.9. The Bertz CT molecular complexity index is 827. The predicted octanol–water partition coefficient (Wildman–Crippen LogP) is 3.80. The van der Waals surface area contributed by atoms with Crippen LogP contribution in [0.2, 0.25) is 0 Å². The largest absolute Gasteiger partial charge is 0.468 e. The van der Waals surface area contributed by atoms with E-state index >= 15 is 0 Å². The molecule has 150 valence electrons. The monoisotopic (exact) mass is 395 g/mol. The van der Waals surface area contributed by atoms with E-state index in [0.29, 0.717) is 16.8 Å². The quantitative estimate of drug-likeness (QED) is 0.807. The van der Waals surface area contributed by atoms with Gasteiger partial charge in [0.25, 0.3) is 11.8 Å². The minimum atomic E-state index is -4.45. The highest BCUT2D eigenvalue weighted by Gasteiger charge is 2.28. The summed E-state index contributed by atoms with van der Waals surface area (Å²) in [7, 11) is 0. The molecule has 2 aromatic rings. The molecule has 1 aromatic carbocycles. The predicted molar refractivity (Wildman–Crippen MR) is 97.4 cm³/mol. The molecule has 0 atom stereocenters. The third-order valence-corrected chi connectivity index (χ3v) is 3.28. The maximum atomic E-state index is 12.2. The summed E-state index contributed by atoms with van der Waals surface area (Å²) >= 11 is 0. The molecule has 9 heteroatoms. The van der Waals surface area contributed by atoms with E-state index in [9.17, 15) is 22.8 Å². The maximum Gasteiger partial charge on any atom is 0.422 e. The lowest BCUT2D eigenvalue weighted by Crippen LogP contribution is -2.40. The van der Waals surface area contributed by atoms with E-state index in [0.717, 1.165) is 0 Å². The summed E-state index contributed by atoms with van der Waals surface area (Å²) in [6.45, 7) is 4.14. The molecule has 0 fully saturated rings. The van der Waals surface area contributed by atoms with Crippen LogP contribution in [0.4, 0.5) is 18.9 Å². The average molecular weight is 395 g/mol. The standard InChI is InChI=1S/C19H20F3N3O3/c1-18(2,3)25-17(27)13-6-4-12(5-7-13)16(26)24-14-8-9-15(23-10-14)28-11-19(20,21)22/h4-10H,11H2,1-3H3,(H,24,26)(H,25,27). The number of hydrogen-bond acceptors (Lipinski definition) is 4. The van der Waals surface area contributed by atoms with Crippen molar-refractivity contribution in [1.29, 1.82) is 0 Å². The van der Waals surface area contributed by atoms with Crippen molar-refractivity contribution in [3.8, 4) is 5.88 Å². The number of benzene rings is 1. The second kappa shape index (κ2) is 8.28. The molecule has 2 N–H and O–H groups in total. The highest BCUT2D eigenvalue weighted by molar-refractivity contribution is 6.05. The van der Waals surface area contributed by atoms with Crippen LogP contribution in [0.5, 0.6) is 5.88 Å². The van der Waals surface area contributed by atoms with Gasteiger partial charge in [-0.3, -0.25) is 9.59 Å². The molecule has 2 amide bonds. The molecule has 0 spiro atoms. The van der Waals surface area contributed by atoms with Gasteiger partial charge in [-0.05, 0) is 51.1 Å². The molecule has 0 unspecified atom stereocenters. The Hall–Kier alpha value is -3.10. The number of ether oxygens (including phenoxy) is 1. The normalized spacial score (nSPS) is 11.6. The third kappa shape index (κ3) is 6.90. The number of halogens is 3. The van der Waals surface area contributed by atoms with Crippen LogP contribution in [0.1, 0.15) is 41.5 Å². The van der Waals surface area contributed by atoms with Gasteiger partial charge in [0.2, 0.25) is 5.88 Å². The van der Waals surface area contributed by atoms with Gasteiger partial charge in [0, 0.05) is 22.7 Å². The number of alkyl halides is 3. The van der Waals surface area contributed by atoms with Crippen LogP contribution in [0.3, 0.4) is 0 Å². The lowest BCUT2D eigenvalue weighted by molar-refractivity contribution is -0.154. The second-order valence-corrected chi connectivity index (χ2v) is 7.02. The lowest BCUT2D eigenvalue weighted by Gasteiger charge is -2.20. The van der Waals surface area contributed by atoms with Gasteiger partial charge < -0.3 is 15.4 Å². The summed E-state index contributed by atoms with van der Waals surface area (Å²) in [4.78, 5) is 28.0. The Morgan fingerprint density at radius 3 is 2.00 bits per heavy atom. The van der Waals surface area contributed by atoms with Crippen LogP contribution >= 0.6 is 0 Å². The first-order valence-electron chi connectivity index (χ1n) is 8.32. The van der Waals surface area contributed by atoms with Crippen molar-refractivity contribution in [1.82, 2.24) is 10.3 Å². The molecular formula is C19H20F3N3O3. The minimum Gasteiger partial charge on any atom is -0.468 e. The van der Waals surface area contributed by atoms with E-state index in [2.05, 4.69) is 20.4 Å². The third-order valence-electron chi connectivity index (χ3n) is 3.28. The molecule has 0 saturated carbocycles. The fourth-order valence-corrected chi connectivity index (χ4v) is 2.08. The summed E-state index contributed by atoms with van der Waals surface area (Å²) < 4.78 is 40.8. The van der Waals surface area contributed by atoms with Crippen molar-refractivity contribution in [2.75, 3.05) is 11.9 Å². The van der Waals surface area contributed by atoms with Gasteiger partial charge in [0.15, 0.2) is 6.61 Å². The van der Waals surface area contributed by atoms with Crippen molar-refractivity contribution in [3.63, 3.8) is 0 Å². The van der Waals surface area contributed by atoms with Gasteiger partial charge in [0.05, 0.1) is 11.9 Å². The Kier molecular flexibility index (Phi) is 6.27. The number of anilines is 1. The summed E-state index contributed by atoms with van der Waals surface area (Å²) in [5, 5.41) is 5.38. The van der Waals surface area contributed by atoms with E-state index in [1.807, 2.05) is 20.8 Å². The summed E-state index contributed by atoms with van der Waals surface area (Å²) in [5.74, 6) is -0.906. The van der Waals surface area contributed by atoms with E-state index in [1.54, 1.807) is 0 Å². The van der Waals surface area contributed by atoms with Crippen molar-refractivity contribution in [3.05, 3.63) is 53.7 Å². The molecule has 0 aliphatic carbocycles. The number of carbonyl (C=O) groups excluding carboxylic acids is 2. The molecule has 0 saturated heterocycles. The smallest absolute Gasteiger partial charge is 0.422 e. The van der Waals surface area contributed by atoms with Crippen LogP contribution in [0, 0.1) is 0 Å². The molecule has 2 rings (SSSR count). The second-order valence-electron chi connectivity index (χ2n) is 7.02. The number of amides is 2. The summed E-state index contributed by atoms with van der Waals surface area (Å²) in [6, 6.07) is 8.66. The molecule has 0 aliphatic rings. The average Bonchev–Trinajstić information content (AvgIpc) is 2.59. The maximum absolute atomic E-state index is 12.2. The first kappa shape index (κ1) is 21.2. The minimum absolute atomic E-state index is 0.204. The molecule has 0 bridgehead atoms. The van der Waals surface area contributed by atoms with E-state index in [-0.39, 0.29) is 17.3 Å². The van der Waals surface area contributed by atoms with Crippen molar-refractivity contribution >= 4 is 17.5 Å². The van der Waals surface area contributed by atoms with Gasteiger partial charge >= 0.3 is 6.18 Å². The molecule has 6 nitrogen and oxygen atoms in total. The molecule has 0 radical (unpaired) electrons. The van der Waals surface area contributed by atoms with Crippen LogP contribution in [0.25, 0.3) is 0 Å². The van der Waals surface area contributed by atoms with Gasteiger partial charge in [-0.2, -0.15) is 13.2 Å². The fraction of sp³-hybridized carbons (Fsp3) is 0.316. The molecule has 1 aromatic heterocycles. The van der Waals surface area contributed by atoms with Crippen LogP contribution in [0.15, 0.2) is 42.6 Å². The summed E-state index contributed by atoms with van der Waals surface area (Å²) in [5.41, 5.74) is 0.638. The number of nitrogens with zero attached hydrogens (tertiary/aromatic N) is 1. The highest BCUT2D eigenvalue weighted by atomic mass is 19.4. The number of nitrogens with one attached hydrogen (secondary N) is 2. The fourth-order valence-electron chi connectivity index (χ4n) is 2.08. The van der Waals surface area contributed by atoms with E-state index < -0.39 is 18.7 Å². The van der Waals surface area contributed by atoms with E-state index in [1.165, 1.54) is 42.6 Å². The molecule has 0 aliphatic heterocycles. The Morgan fingerprint density at radius 1 is 0.964 bits per heavy atom. The Morgan fingerprint density at radius 2 is 1.54 bits per heavy atom. The van der Waals surface area contributed by atoms with Crippen LogP contribution in [-0.4, -0.2) is 35.1 Å². The van der Waals surface area contributed by atoms with Gasteiger partial charge in [-0.1, -0.05) is 0 Å². The highest BCUT2D eigenvalue weighted by Crippen LogP contribution is 2.18. The van der Waals surface area contributed by atoms with Crippen LogP contribution < -0.4 is 15.4 Å². The Balaban J connectivity index is 1.96. The molecule has 28 heavy (non-hydrogen) atoms. The Labute approximate surface area is 160 Å². The number of aromatic nitrogens is 1. The first-order valence-corrected chi connectivity index (χ1v) is 8.32. The number of carbonyl (C=O) groups is 2. The number of rotatable bonds is 5. The lowest BCUT2D eigenvalue weighted by atomic mass is 10.1. The number of pyridine rings is 1. The van der Waals surface area contributed by atoms with Gasteiger partial charge in [-0.25, -0.2) is 4.98 Å². The molecule has 1 heterocycles. The SMILES string of the molecule is CC(C)(C)NC(=O)c1ccc(C(=O)Nc2ccc(OCC(F)(F)F)nc2)cc1. The summed E-state index contributed by atoms with van der Waals surface area (Å²) in [6.07, 6.45) is -3.26. The van der Waals surface area contributed by atoms with Crippen molar-refractivity contribution in [2.45, 2.75) is 32.5 Å². The molecular weight excluding hydrogens is 375 g/mol. The first-order chi connectivity index (χ1) is 12.9. The van der Waals surface area contributed by atoms with Crippen LogP contribution in [-0.2, 0) is 0 Å². The van der Waals surface area contributed by atoms with Gasteiger partial charge in [-0.15, -0.1) is 0 Å². The number of hydrogen-bond donors (Lipinski definition) is 2. The zero-order valence-corrected chi connectivity index (χ0v) is 15.6. The van der Waals surface area contributed by atoms with E-state index in [4.69, 9.17) is 0 Å². The zero-order valence-electron chi connectivity index (χ0n) is 15.6.